The summed E-state index contributed by atoms with van der Waals surface area (Å²) in [6, 6.07) is 5.84. The normalized spacial score (nSPS) is 17.5. The first-order valence-corrected chi connectivity index (χ1v) is 8.29. The summed E-state index contributed by atoms with van der Waals surface area (Å²) < 4.78 is 11.1. The van der Waals surface area contributed by atoms with Crippen molar-refractivity contribution >= 4 is 5.91 Å². The topological polar surface area (TPSA) is 47.6 Å². The Balaban J connectivity index is 1.82. The van der Waals surface area contributed by atoms with E-state index in [2.05, 4.69) is 19.2 Å². The summed E-state index contributed by atoms with van der Waals surface area (Å²) in [5.41, 5.74) is 1.15. The summed E-state index contributed by atoms with van der Waals surface area (Å²) in [5, 5.41) is 3.05. The summed E-state index contributed by atoms with van der Waals surface area (Å²) in [7, 11) is 1.66. The van der Waals surface area contributed by atoms with Crippen LogP contribution in [0.25, 0.3) is 0 Å². The Hall–Kier alpha value is -1.71. The number of hydrogen-bond acceptors (Lipinski definition) is 3. The van der Waals surface area contributed by atoms with Gasteiger partial charge in [-0.05, 0) is 31.0 Å². The van der Waals surface area contributed by atoms with E-state index in [-0.39, 0.29) is 17.9 Å². The molecule has 0 spiro atoms. The van der Waals surface area contributed by atoms with Gasteiger partial charge in [-0.3, -0.25) is 4.79 Å². The second kappa shape index (κ2) is 8.06. The molecule has 1 N–H and O–H groups in total. The van der Waals surface area contributed by atoms with Crippen molar-refractivity contribution in [3.8, 4) is 11.5 Å². The van der Waals surface area contributed by atoms with Gasteiger partial charge in [0, 0.05) is 17.9 Å². The smallest absolute Gasteiger partial charge is 0.223 e. The molecule has 0 saturated heterocycles. The molecule has 1 aromatic carbocycles. The Kier molecular flexibility index (Phi) is 6.10. The highest BCUT2D eigenvalue weighted by molar-refractivity contribution is 5.78. The Bertz CT molecular complexity index is 501. The van der Waals surface area contributed by atoms with Gasteiger partial charge < -0.3 is 14.8 Å². The molecule has 1 amide bonds. The number of benzene rings is 1. The van der Waals surface area contributed by atoms with Crippen molar-refractivity contribution in [2.24, 2.45) is 5.92 Å². The van der Waals surface area contributed by atoms with Gasteiger partial charge in [0.15, 0.2) is 0 Å². The third-order valence-corrected chi connectivity index (χ3v) is 4.28. The molecule has 4 heteroatoms. The van der Waals surface area contributed by atoms with E-state index in [1.807, 2.05) is 18.2 Å². The van der Waals surface area contributed by atoms with Crippen LogP contribution in [0.3, 0.4) is 0 Å². The monoisotopic (exact) mass is 305 g/mol. The standard InChI is InChI=1S/C18H27NO3/c1-4-6-7-13(5-2)18(20)19-12-16-11-14-10-15(21-3)8-9-17(14)22-16/h8-10,13,16H,4-7,11-12H2,1-3H3,(H,19,20)/t13-,16+/m0/s1. The first-order chi connectivity index (χ1) is 10.7. The van der Waals surface area contributed by atoms with Crippen LogP contribution in [0, 0.1) is 5.92 Å². The fourth-order valence-electron chi connectivity index (χ4n) is 2.87. The number of amides is 1. The number of ether oxygens (including phenoxy) is 2. The van der Waals surface area contributed by atoms with Crippen LogP contribution in [-0.4, -0.2) is 25.7 Å². The highest BCUT2D eigenvalue weighted by atomic mass is 16.5. The molecule has 0 unspecified atom stereocenters. The summed E-state index contributed by atoms with van der Waals surface area (Å²) in [5.74, 6) is 2.03. The van der Waals surface area contributed by atoms with E-state index in [0.717, 1.165) is 49.2 Å². The lowest BCUT2D eigenvalue weighted by Crippen LogP contribution is -2.37. The highest BCUT2D eigenvalue weighted by Gasteiger charge is 2.25. The summed E-state index contributed by atoms with van der Waals surface area (Å²) in [4.78, 5) is 12.2. The number of unbranched alkanes of at least 4 members (excludes halogenated alkanes) is 1. The molecule has 0 saturated carbocycles. The third-order valence-electron chi connectivity index (χ3n) is 4.28. The second-order valence-electron chi connectivity index (χ2n) is 5.91. The van der Waals surface area contributed by atoms with Gasteiger partial charge >= 0.3 is 0 Å². The molecular formula is C18H27NO3. The van der Waals surface area contributed by atoms with Crippen molar-refractivity contribution in [2.75, 3.05) is 13.7 Å². The summed E-state index contributed by atoms with van der Waals surface area (Å²) >= 11 is 0. The number of rotatable bonds is 8. The minimum absolute atomic E-state index is 0.0229. The molecule has 122 valence electrons. The maximum atomic E-state index is 12.2. The zero-order valence-corrected chi connectivity index (χ0v) is 13.9. The van der Waals surface area contributed by atoms with Gasteiger partial charge in [-0.15, -0.1) is 0 Å². The number of carbonyl (C=O) groups excluding carboxylic acids is 1. The molecule has 0 bridgehead atoms. The predicted molar refractivity (Wildman–Crippen MR) is 87.4 cm³/mol. The van der Waals surface area contributed by atoms with Crippen LogP contribution < -0.4 is 14.8 Å². The van der Waals surface area contributed by atoms with E-state index in [1.165, 1.54) is 0 Å². The van der Waals surface area contributed by atoms with E-state index < -0.39 is 0 Å². The minimum Gasteiger partial charge on any atom is -0.497 e. The van der Waals surface area contributed by atoms with Crippen LogP contribution >= 0.6 is 0 Å². The van der Waals surface area contributed by atoms with Crippen LogP contribution in [0.5, 0.6) is 11.5 Å². The predicted octanol–water partition coefficient (Wildman–Crippen LogP) is 3.33. The van der Waals surface area contributed by atoms with E-state index >= 15 is 0 Å². The maximum Gasteiger partial charge on any atom is 0.223 e. The Morgan fingerprint density at radius 3 is 2.95 bits per heavy atom. The van der Waals surface area contributed by atoms with Crippen molar-refractivity contribution < 1.29 is 14.3 Å². The fraction of sp³-hybridized carbons (Fsp3) is 0.611. The van der Waals surface area contributed by atoms with Gasteiger partial charge in [-0.25, -0.2) is 0 Å². The zero-order valence-electron chi connectivity index (χ0n) is 13.9. The quantitative estimate of drug-likeness (QED) is 0.801. The molecule has 1 aliphatic heterocycles. The number of nitrogens with one attached hydrogen (secondary N) is 1. The van der Waals surface area contributed by atoms with Gasteiger partial charge in [0.2, 0.25) is 5.91 Å². The average molecular weight is 305 g/mol. The molecule has 1 heterocycles. The largest absolute Gasteiger partial charge is 0.497 e. The first-order valence-electron chi connectivity index (χ1n) is 8.29. The molecule has 4 nitrogen and oxygen atoms in total. The average Bonchev–Trinajstić information content (AvgIpc) is 2.95. The summed E-state index contributed by atoms with van der Waals surface area (Å²) in [6.45, 7) is 4.80. The molecule has 0 aliphatic carbocycles. The van der Waals surface area contributed by atoms with E-state index in [9.17, 15) is 4.79 Å². The lowest BCUT2D eigenvalue weighted by Gasteiger charge is -2.17. The van der Waals surface area contributed by atoms with Crippen molar-refractivity contribution in [1.82, 2.24) is 5.32 Å². The van der Waals surface area contributed by atoms with Crippen molar-refractivity contribution in [3.05, 3.63) is 23.8 Å². The molecule has 1 aliphatic rings. The second-order valence-corrected chi connectivity index (χ2v) is 5.91. The summed E-state index contributed by atoms with van der Waals surface area (Å²) in [6.07, 6.45) is 4.95. The lowest BCUT2D eigenvalue weighted by molar-refractivity contribution is -0.125. The number of hydrogen-bond donors (Lipinski definition) is 1. The minimum atomic E-state index is 0.0229. The van der Waals surface area contributed by atoms with E-state index in [1.54, 1.807) is 7.11 Å². The Labute approximate surface area is 133 Å². The van der Waals surface area contributed by atoms with Crippen LogP contribution in [0.1, 0.15) is 45.1 Å². The molecule has 1 aromatic rings. The molecule has 2 atom stereocenters. The van der Waals surface area contributed by atoms with Gasteiger partial charge in [0.05, 0.1) is 13.7 Å². The first kappa shape index (κ1) is 16.7. The molecule has 2 rings (SSSR count). The van der Waals surface area contributed by atoms with Crippen molar-refractivity contribution in [1.29, 1.82) is 0 Å². The zero-order chi connectivity index (χ0) is 15.9. The molecule has 22 heavy (non-hydrogen) atoms. The SMILES string of the molecule is CCCC[C@H](CC)C(=O)NC[C@H]1Cc2cc(OC)ccc2O1. The molecule has 0 fully saturated rings. The van der Waals surface area contributed by atoms with Crippen molar-refractivity contribution in [3.63, 3.8) is 0 Å². The number of methoxy groups -OCH3 is 1. The van der Waals surface area contributed by atoms with E-state index in [4.69, 9.17) is 9.47 Å². The van der Waals surface area contributed by atoms with Crippen molar-refractivity contribution in [2.45, 2.75) is 52.1 Å². The molecule has 0 aromatic heterocycles. The lowest BCUT2D eigenvalue weighted by atomic mass is 9.98. The molecular weight excluding hydrogens is 278 g/mol. The van der Waals surface area contributed by atoms with Crippen LogP contribution in [0.4, 0.5) is 0 Å². The van der Waals surface area contributed by atoms with Crippen LogP contribution in [0.2, 0.25) is 0 Å². The molecule has 0 radical (unpaired) electrons. The Morgan fingerprint density at radius 1 is 1.45 bits per heavy atom. The number of fused-ring (bicyclic) bond motifs is 1. The maximum absolute atomic E-state index is 12.2. The highest BCUT2D eigenvalue weighted by Crippen LogP contribution is 2.31. The van der Waals surface area contributed by atoms with Gasteiger partial charge in [-0.2, -0.15) is 0 Å². The van der Waals surface area contributed by atoms with Gasteiger partial charge in [0.25, 0.3) is 0 Å². The van der Waals surface area contributed by atoms with Gasteiger partial charge in [-0.1, -0.05) is 26.7 Å². The van der Waals surface area contributed by atoms with E-state index in [0.29, 0.717) is 6.54 Å². The Morgan fingerprint density at radius 2 is 2.27 bits per heavy atom. The third kappa shape index (κ3) is 4.15. The fourth-order valence-corrected chi connectivity index (χ4v) is 2.87. The van der Waals surface area contributed by atoms with Crippen LogP contribution in [-0.2, 0) is 11.2 Å². The van der Waals surface area contributed by atoms with Crippen LogP contribution in [0.15, 0.2) is 18.2 Å². The van der Waals surface area contributed by atoms with Gasteiger partial charge in [0.1, 0.15) is 17.6 Å². The number of carbonyl (C=O) groups is 1.